The Morgan fingerprint density at radius 2 is 1.86 bits per heavy atom. The number of benzene rings is 2. The van der Waals surface area contributed by atoms with Crippen molar-refractivity contribution in [3.05, 3.63) is 88.2 Å². The van der Waals surface area contributed by atoms with Crippen molar-refractivity contribution < 1.29 is 4.79 Å². The lowest BCUT2D eigenvalue weighted by atomic mass is 10.1. The number of aryl methyl sites for hydroxylation is 2. The van der Waals surface area contributed by atoms with Crippen LogP contribution in [-0.4, -0.2) is 25.3 Å². The average molecular weight is 437 g/mol. The number of nitrogens with one attached hydrogen (secondary N) is 2. The maximum Gasteiger partial charge on any atom is 0.270 e. The number of carbonyl (C=O) groups is 1. The topological polar surface area (TPSA) is 88.6 Å². The maximum absolute atomic E-state index is 12.4. The van der Waals surface area contributed by atoms with Crippen LogP contribution < -0.4 is 10.9 Å². The first kappa shape index (κ1) is 18.1. The van der Waals surface area contributed by atoms with Crippen molar-refractivity contribution in [2.45, 2.75) is 13.0 Å². The van der Waals surface area contributed by atoms with Crippen LogP contribution in [-0.2, 0) is 13.0 Å². The van der Waals surface area contributed by atoms with Crippen molar-refractivity contribution in [1.29, 1.82) is 5.41 Å². The molecule has 4 rings (SSSR count). The molecule has 0 aliphatic carbocycles. The number of rotatable bonds is 5. The normalized spacial score (nSPS) is 10.9. The van der Waals surface area contributed by atoms with E-state index in [2.05, 4.69) is 43.6 Å². The van der Waals surface area contributed by atoms with Gasteiger partial charge in [-0.1, -0.05) is 46.3 Å². The van der Waals surface area contributed by atoms with Crippen molar-refractivity contribution in [2.75, 3.05) is 5.43 Å². The van der Waals surface area contributed by atoms with E-state index in [0.29, 0.717) is 23.1 Å². The molecule has 28 heavy (non-hydrogen) atoms. The monoisotopic (exact) mass is 436 g/mol. The molecule has 0 aliphatic heterocycles. The molecule has 0 saturated carbocycles. The van der Waals surface area contributed by atoms with E-state index in [1.54, 1.807) is 35.1 Å². The van der Waals surface area contributed by atoms with Crippen molar-refractivity contribution in [2.24, 2.45) is 0 Å². The number of amides is 1. The highest BCUT2D eigenvalue weighted by atomic mass is 79.9. The predicted octanol–water partition coefficient (Wildman–Crippen LogP) is 3.10. The zero-order valence-corrected chi connectivity index (χ0v) is 16.4. The lowest BCUT2D eigenvalue weighted by molar-refractivity contribution is 0.101. The smallest absolute Gasteiger partial charge is 0.270 e. The zero-order chi connectivity index (χ0) is 19.5. The summed E-state index contributed by atoms with van der Waals surface area (Å²) in [5, 5.41) is 13.4. The van der Waals surface area contributed by atoms with Gasteiger partial charge in [0.2, 0.25) is 0 Å². The first-order valence-corrected chi connectivity index (χ1v) is 9.50. The lowest BCUT2D eigenvalue weighted by Gasteiger charge is -2.08. The van der Waals surface area contributed by atoms with Gasteiger partial charge < -0.3 is 0 Å². The average Bonchev–Trinajstić information content (AvgIpc) is 3.14. The summed E-state index contributed by atoms with van der Waals surface area (Å²) in [6, 6.07) is 17.1. The molecule has 7 nitrogen and oxygen atoms in total. The second kappa shape index (κ2) is 7.77. The summed E-state index contributed by atoms with van der Waals surface area (Å²) < 4.78 is 3.98. The number of halogens is 1. The number of hydrogen-bond donors (Lipinski definition) is 2. The maximum atomic E-state index is 12.4. The molecule has 2 N–H and O–H groups in total. The molecule has 0 saturated heterocycles. The van der Waals surface area contributed by atoms with Gasteiger partial charge in [0.25, 0.3) is 5.91 Å². The summed E-state index contributed by atoms with van der Waals surface area (Å²) in [7, 11) is 0. The Balaban J connectivity index is 1.54. The number of nitrogens with zero attached hydrogens (tertiary/aromatic N) is 4. The van der Waals surface area contributed by atoms with Crippen LogP contribution in [0.4, 0.5) is 0 Å². The summed E-state index contributed by atoms with van der Waals surface area (Å²) in [6.45, 7) is 0.686. The Kier molecular flexibility index (Phi) is 5.03. The molecule has 0 fully saturated rings. The third kappa shape index (κ3) is 3.86. The van der Waals surface area contributed by atoms with E-state index in [4.69, 9.17) is 5.41 Å². The Morgan fingerprint density at radius 3 is 2.61 bits per heavy atom. The van der Waals surface area contributed by atoms with Crippen molar-refractivity contribution >= 4 is 32.9 Å². The first-order chi connectivity index (χ1) is 13.6. The van der Waals surface area contributed by atoms with Gasteiger partial charge in [-0.05, 0) is 36.2 Å². The van der Waals surface area contributed by atoms with Crippen LogP contribution in [0.5, 0.6) is 0 Å². The second-order valence-electron chi connectivity index (χ2n) is 6.28. The van der Waals surface area contributed by atoms with Crippen LogP contribution >= 0.6 is 15.9 Å². The third-order valence-corrected chi connectivity index (χ3v) is 4.86. The van der Waals surface area contributed by atoms with E-state index >= 15 is 0 Å². The van der Waals surface area contributed by atoms with Crippen LogP contribution in [0.15, 0.2) is 71.6 Å². The third-order valence-electron chi connectivity index (χ3n) is 4.33. The van der Waals surface area contributed by atoms with Crippen molar-refractivity contribution in [1.82, 2.24) is 19.4 Å². The predicted molar refractivity (Wildman–Crippen MR) is 109 cm³/mol. The van der Waals surface area contributed by atoms with Gasteiger partial charge in [0.1, 0.15) is 6.33 Å². The van der Waals surface area contributed by atoms with Crippen LogP contribution in [0.3, 0.4) is 0 Å². The molecule has 4 aromatic rings. The zero-order valence-electron chi connectivity index (χ0n) is 14.8. The standard InChI is InChI=1S/C20H17BrN6O/c21-16-8-6-15(7-9-16)20(28)25-27-13-23-19-17(18(27)22)12-26(24-19)11-10-14-4-2-1-3-5-14/h1-9,12-13,22H,10-11H2,(H,25,28). The van der Waals surface area contributed by atoms with Gasteiger partial charge in [-0.15, -0.1) is 0 Å². The summed E-state index contributed by atoms with van der Waals surface area (Å²) in [5.74, 6) is -0.316. The van der Waals surface area contributed by atoms with Crippen molar-refractivity contribution in [3.63, 3.8) is 0 Å². The molecule has 0 atom stereocenters. The van der Waals surface area contributed by atoms with Crippen LogP contribution in [0.2, 0.25) is 0 Å². The largest absolute Gasteiger partial charge is 0.282 e. The van der Waals surface area contributed by atoms with Gasteiger partial charge in [0.15, 0.2) is 11.1 Å². The van der Waals surface area contributed by atoms with E-state index in [1.807, 2.05) is 18.2 Å². The van der Waals surface area contributed by atoms with E-state index in [-0.39, 0.29) is 11.4 Å². The molecular formula is C20H17BrN6O. The molecule has 0 spiro atoms. The molecule has 8 heteroatoms. The van der Waals surface area contributed by atoms with Gasteiger partial charge in [-0.25, -0.2) is 9.66 Å². The Labute approximate surface area is 169 Å². The van der Waals surface area contributed by atoms with E-state index in [1.165, 1.54) is 16.6 Å². The Bertz CT molecular complexity index is 1180. The summed E-state index contributed by atoms with van der Waals surface area (Å²) in [4.78, 5) is 16.7. The van der Waals surface area contributed by atoms with E-state index < -0.39 is 0 Å². The summed E-state index contributed by atoms with van der Waals surface area (Å²) in [6.07, 6.45) is 4.02. The number of hydrogen-bond acceptors (Lipinski definition) is 4. The number of fused-ring (bicyclic) bond motifs is 1. The highest BCUT2D eigenvalue weighted by molar-refractivity contribution is 9.10. The minimum Gasteiger partial charge on any atom is -0.282 e. The SMILES string of the molecule is N=c1c2cn(CCc3ccccc3)nc2ncn1NC(=O)c1ccc(Br)cc1. The molecule has 0 aliphatic rings. The fourth-order valence-electron chi connectivity index (χ4n) is 2.84. The minimum absolute atomic E-state index is 0.126. The van der Waals surface area contributed by atoms with Gasteiger partial charge in [0, 0.05) is 22.8 Å². The highest BCUT2D eigenvalue weighted by Crippen LogP contribution is 2.11. The number of aromatic nitrogens is 4. The van der Waals surface area contributed by atoms with E-state index in [0.717, 1.165) is 10.9 Å². The molecular weight excluding hydrogens is 420 g/mol. The second-order valence-corrected chi connectivity index (χ2v) is 7.19. The molecule has 140 valence electrons. The van der Waals surface area contributed by atoms with Gasteiger partial charge in [-0.3, -0.25) is 20.3 Å². The molecule has 2 heterocycles. The van der Waals surface area contributed by atoms with Gasteiger partial charge in [0.05, 0.1) is 5.39 Å². The molecule has 2 aromatic carbocycles. The fourth-order valence-corrected chi connectivity index (χ4v) is 3.10. The lowest BCUT2D eigenvalue weighted by Crippen LogP contribution is -2.33. The summed E-state index contributed by atoms with van der Waals surface area (Å²) >= 11 is 3.34. The highest BCUT2D eigenvalue weighted by Gasteiger charge is 2.10. The van der Waals surface area contributed by atoms with E-state index in [9.17, 15) is 4.79 Å². The van der Waals surface area contributed by atoms with Gasteiger partial charge >= 0.3 is 0 Å². The number of carbonyl (C=O) groups excluding carboxylic acids is 1. The van der Waals surface area contributed by atoms with Crippen LogP contribution in [0.1, 0.15) is 15.9 Å². The van der Waals surface area contributed by atoms with Crippen molar-refractivity contribution in [3.8, 4) is 0 Å². The molecule has 1 amide bonds. The van der Waals surface area contributed by atoms with Gasteiger partial charge in [-0.2, -0.15) is 5.10 Å². The van der Waals surface area contributed by atoms with Crippen LogP contribution in [0, 0.1) is 5.41 Å². The fraction of sp³-hybridized carbons (Fsp3) is 0.100. The molecule has 2 aromatic heterocycles. The van der Waals surface area contributed by atoms with Crippen LogP contribution in [0.25, 0.3) is 11.0 Å². The first-order valence-electron chi connectivity index (χ1n) is 8.70. The molecule has 0 bridgehead atoms. The minimum atomic E-state index is -0.316. The molecule has 0 unspecified atom stereocenters. The molecule has 0 radical (unpaired) electrons. The summed E-state index contributed by atoms with van der Waals surface area (Å²) in [5.41, 5.74) is 5.00. The quantitative estimate of drug-likeness (QED) is 0.503. The Morgan fingerprint density at radius 1 is 1.11 bits per heavy atom. The Hall–Kier alpha value is -3.26.